The van der Waals surface area contributed by atoms with Crippen LogP contribution in [0.5, 0.6) is 5.75 Å². The molecule has 2 rings (SSSR count). The Kier molecular flexibility index (Phi) is 4.83. The van der Waals surface area contributed by atoms with E-state index in [4.69, 9.17) is 9.84 Å². The molecule has 5 nitrogen and oxygen atoms in total. The number of aryl methyl sites for hydroxylation is 1. The maximum Gasteiger partial charge on any atom is 0.311 e. The smallest absolute Gasteiger partial charge is 0.311 e. The van der Waals surface area contributed by atoms with Gasteiger partial charge in [0.25, 0.3) is 0 Å². The van der Waals surface area contributed by atoms with Crippen molar-refractivity contribution in [1.82, 2.24) is 9.55 Å². The topological polar surface area (TPSA) is 64.3 Å². The molecule has 1 aromatic heterocycles. The number of rotatable bonds is 7. The zero-order valence-electron chi connectivity index (χ0n) is 12.8. The Morgan fingerprint density at radius 3 is 2.81 bits per heavy atom. The number of carboxylic acids is 1. The van der Waals surface area contributed by atoms with Crippen LogP contribution >= 0.6 is 0 Å². The second-order valence-electron chi connectivity index (χ2n) is 5.52. The molecule has 0 bridgehead atoms. The van der Waals surface area contributed by atoms with Gasteiger partial charge in [-0.25, -0.2) is 4.98 Å². The van der Waals surface area contributed by atoms with Gasteiger partial charge in [0.2, 0.25) is 0 Å². The maximum absolute atomic E-state index is 11.0. The largest absolute Gasteiger partial charge is 0.494 e. The monoisotopic (exact) mass is 290 g/mol. The number of aromatic nitrogens is 2. The second kappa shape index (κ2) is 6.61. The lowest BCUT2D eigenvalue weighted by Gasteiger charge is -2.10. The van der Waals surface area contributed by atoms with Gasteiger partial charge in [-0.15, -0.1) is 0 Å². The van der Waals surface area contributed by atoms with E-state index in [0.29, 0.717) is 18.3 Å². The summed E-state index contributed by atoms with van der Waals surface area (Å²) in [6.45, 7) is 7.62. The minimum Gasteiger partial charge on any atom is -0.494 e. The third-order valence-electron chi connectivity index (χ3n) is 3.35. The fraction of sp³-hybridized carbons (Fsp3) is 0.500. The molecule has 0 aliphatic carbocycles. The first kappa shape index (κ1) is 15.4. The van der Waals surface area contributed by atoms with Crippen molar-refractivity contribution in [3.8, 4) is 5.75 Å². The summed E-state index contributed by atoms with van der Waals surface area (Å²) in [5.41, 5.74) is 1.76. The summed E-state index contributed by atoms with van der Waals surface area (Å²) in [7, 11) is 0. The summed E-state index contributed by atoms with van der Waals surface area (Å²) in [6.07, 6.45) is 0.933. The number of carboxylic acid groups (broad SMARTS) is 1. The molecule has 0 spiro atoms. The van der Waals surface area contributed by atoms with Crippen LogP contribution in [-0.2, 0) is 17.8 Å². The molecule has 0 aliphatic rings. The lowest BCUT2D eigenvalue weighted by atomic mass is 10.1. The number of aliphatic carboxylic acids is 1. The first-order chi connectivity index (χ1) is 10.0. The van der Waals surface area contributed by atoms with E-state index in [0.717, 1.165) is 29.7 Å². The highest BCUT2D eigenvalue weighted by Gasteiger charge is 2.14. The number of nitrogens with zero attached hydrogens (tertiary/aromatic N) is 2. The molecule has 2 aromatic rings. The molecule has 0 radical (unpaired) electrons. The van der Waals surface area contributed by atoms with Gasteiger partial charge in [-0.3, -0.25) is 4.79 Å². The Hall–Kier alpha value is -2.04. The number of benzene rings is 1. The molecule has 1 aromatic carbocycles. The highest BCUT2D eigenvalue weighted by molar-refractivity contribution is 5.79. The fourth-order valence-electron chi connectivity index (χ4n) is 2.32. The molecule has 0 unspecified atom stereocenters. The highest BCUT2D eigenvalue weighted by atomic mass is 16.5. The van der Waals surface area contributed by atoms with Crippen molar-refractivity contribution in [3.63, 3.8) is 0 Å². The summed E-state index contributed by atoms with van der Waals surface area (Å²) in [5.74, 6) is 1.07. The summed E-state index contributed by atoms with van der Waals surface area (Å²) >= 11 is 0. The lowest BCUT2D eigenvalue weighted by molar-refractivity contribution is -0.136. The Bertz CT molecular complexity index is 632. The number of ether oxygens (including phenoxy) is 1. The predicted molar refractivity (Wildman–Crippen MR) is 81.7 cm³/mol. The fourth-order valence-corrected chi connectivity index (χ4v) is 2.32. The second-order valence-corrected chi connectivity index (χ2v) is 5.52. The van der Waals surface area contributed by atoms with Crippen LogP contribution in [0.1, 0.15) is 33.0 Å². The van der Waals surface area contributed by atoms with Crippen LogP contribution in [0, 0.1) is 5.92 Å². The molecule has 0 fully saturated rings. The molecular formula is C16H22N2O3. The van der Waals surface area contributed by atoms with Crippen molar-refractivity contribution >= 4 is 17.0 Å². The molecule has 114 valence electrons. The van der Waals surface area contributed by atoms with Gasteiger partial charge in [0.05, 0.1) is 17.6 Å². The van der Waals surface area contributed by atoms with Gasteiger partial charge in [-0.05, 0) is 31.4 Å². The Balaban J connectivity index is 2.42. The van der Waals surface area contributed by atoms with Crippen molar-refractivity contribution in [3.05, 3.63) is 24.0 Å². The van der Waals surface area contributed by atoms with E-state index in [9.17, 15) is 4.79 Å². The van der Waals surface area contributed by atoms with E-state index in [2.05, 4.69) is 18.8 Å². The molecular weight excluding hydrogens is 268 g/mol. The molecule has 0 saturated heterocycles. The minimum atomic E-state index is -0.860. The molecule has 1 heterocycles. The zero-order chi connectivity index (χ0) is 15.4. The SMILES string of the molecule is CCOc1ccc2c(c1)nc(CC(=O)O)n2CCC(C)C. The van der Waals surface area contributed by atoms with E-state index >= 15 is 0 Å². The molecule has 0 saturated carbocycles. The van der Waals surface area contributed by atoms with E-state index in [1.165, 1.54) is 0 Å². The van der Waals surface area contributed by atoms with Gasteiger partial charge >= 0.3 is 5.97 Å². The molecule has 21 heavy (non-hydrogen) atoms. The van der Waals surface area contributed by atoms with Crippen molar-refractivity contribution < 1.29 is 14.6 Å². The summed E-state index contributed by atoms with van der Waals surface area (Å²) in [6, 6.07) is 5.74. The van der Waals surface area contributed by atoms with E-state index in [-0.39, 0.29) is 6.42 Å². The van der Waals surface area contributed by atoms with Gasteiger partial charge in [0.1, 0.15) is 18.0 Å². The molecule has 0 amide bonds. The Morgan fingerprint density at radius 2 is 2.19 bits per heavy atom. The third-order valence-corrected chi connectivity index (χ3v) is 3.35. The summed E-state index contributed by atoms with van der Waals surface area (Å²) < 4.78 is 7.49. The van der Waals surface area contributed by atoms with Crippen LogP contribution in [0.25, 0.3) is 11.0 Å². The number of hydrogen-bond donors (Lipinski definition) is 1. The minimum absolute atomic E-state index is 0.0588. The number of hydrogen-bond acceptors (Lipinski definition) is 3. The van der Waals surface area contributed by atoms with Crippen LogP contribution in [0.3, 0.4) is 0 Å². The Morgan fingerprint density at radius 1 is 1.43 bits per heavy atom. The Labute approximate surface area is 124 Å². The summed E-state index contributed by atoms with van der Waals surface area (Å²) in [4.78, 5) is 15.5. The number of fused-ring (bicyclic) bond motifs is 1. The van der Waals surface area contributed by atoms with Crippen LogP contribution in [0.2, 0.25) is 0 Å². The van der Waals surface area contributed by atoms with Gasteiger partial charge in [-0.2, -0.15) is 0 Å². The first-order valence-corrected chi connectivity index (χ1v) is 7.35. The molecule has 1 N–H and O–H groups in total. The lowest BCUT2D eigenvalue weighted by Crippen LogP contribution is -2.10. The molecule has 0 aliphatic heterocycles. The van der Waals surface area contributed by atoms with Crippen LogP contribution in [0.15, 0.2) is 18.2 Å². The van der Waals surface area contributed by atoms with Gasteiger partial charge < -0.3 is 14.4 Å². The maximum atomic E-state index is 11.0. The van der Waals surface area contributed by atoms with Crippen molar-refractivity contribution in [1.29, 1.82) is 0 Å². The summed E-state index contributed by atoms with van der Waals surface area (Å²) in [5, 5.41) is 9.05. The van der Waals surface area contributed by atoms with E-state index in [1.54, 1.807) is 0 Å². The predicted octanol–water partition coefficient (Wildman–Crippen LogP) is 3.11. The zero-order valence-corrected chi connectivity index (χ0v) is 12.8. The average Bonchev–Trinajstić information content (AvgIpc) is 2.72. The normalized spacial score (nSPS) is 11.2. The van der Waals surface area contributed by atoms with Crippen molar-refractivity contribution in [2.24, 2.45) is 5.92 Å². The van der Waals surface area contributed by atoms with E-state index in [1.807, 2.05) is 29.7 Å². The van der Waals surface area contributed by atoms with Crippen LogP contribution < -0.4 is 4.74 Å². The molecule has 0 atom stereocenters. The number of imidazole rings is 1. The van der Waals surface area contributed by atoms with Crippen molar-refractivity contribution in [2.75, 3.05) is 6.61 Å². The average molecular weight is 290 g/mol. The standard InChI is InChI=1S/C16H22N2O3/c1-4-21-12-5-6-14-13(9-12)17-15(10-16(19)20)18(14)8-7-11(2)3/h5-6,9,11H,4,7-8,10H2,1-3H3,(H,19,20). The highest BCUT2D eigenvalue weighted by Crippen LogP contribution is 2.23. The number of carbonyl (C=O) groups is 1. The third kappa shape index (κ3) is 3.74. The van der Waals surface area contributed by atoms with Gasteiger partial charge in [-0.1, -0.05) is 13.8 Å². The van der Waals surface area contributed by atoms with Crippen molar-refractivity contribution in [2.45, 2.75) is 40.2 Å². The van der Waals surface area contributed by atoms with Crippen LogP contribution in [0.4, 0.5) is 0 Å². The van der Waals surface area contributed by atoms with Crippen LogP contribution in [-0.4, -0.2) is 27.2 Å². The molecule has 5 heteroatoms. The van der Waals surface area contributed by atoms with E-state index < -0.39 is 5.97 Å². The van der Waals surface area contributed by atoms with Gasteiger partial charge in [0.15, 0.2) is 0 Å². The quantitative estimate of drug-likeness (QED) is 0.851. The first-order valence-electron chi connectivity index (χ1n) is 7.35. The van der Waals surface area contributed by atoms with Gasteiger partial charge in [0, 0.05) is 12.6 Å².